The number of carbonyl (C=O) groups is 1. The molecule has 1 N–H and O–H groups in total. The third-order valence-corrected chi connectivity index (χ3v) is 3.10. The summed E-state index contributed by atoms with van der Waals surface area (Å²) in [6.07, 6.45) is -3.16. The fourth-order valence-electron chi connectivity index (χ4n) is 2.13. The number of aromatic carboxylic acids is 1. The van der Waals surface area contributed by atoms with E-state index in [-0.39, 0.29) is 17.1 Å². The maximum Gasteiger partial charge on any atom is 0.449 e. The third kappa shape index (κ3) is 1.94. The monoisotopic (exact) mass is 270 g/mol. The van der Waals surface area contributed by atoms with Gasteiger partial charge in [0.1, 0.15) is 0 Å². The van der Waals surface area contributed by atoms with Gasteiger partial charge >= 0.3 is 12.1 Å². The molecule has 1 aliphatic carbocycles. The van der Waals surface area contributed by atoms with Crippen LogP contribution in [0.3, 0.4) is 0 Å². The molecule has 4 nitrogen and oxygen atoms in total. The van der Waals surface area contributed by atoms with Crippen LogP contribution in [0.2, 0.25) is 0 Å². The summed E-state index contributed by atoms with van der Waals surface area (Å²) < 4.78 is 40.0. The third-order valence-electron chi connectivity index (χ3n) is 3.10. The molecule has 3 rings (SSSR count). The van der Waals surface area contributed by atoms with Crippen LogP contribution in [0.5, 0.6) is 0 Å². The van der Waals surface area contributed by atoms with Gasteiger partial charge in [-0.25, -0.2) is 9.78 Å². The summed E-state index contributed by atoms with van der Waals surface area (Å²) in [6.45, 7) is 0. The highest BCUT2D eigenvalue weighted by atomic mass is 19.4. The highest BCUT2D eigenvalue weighted by Gasteiger charge is 2.41. The number of hydrogen-bond acceptors (Lipinski definition) is 2. The highest BCUT2D eigenvalue weighted by molar-refractivity contribution is 5.92. The van der Waals surface area contributed by atoms with Crippen molar-refractivity contribution in [3.8, 4) is 0 Å². The van der Waals surface area contributed by atoms with Crippen LogP contribution in [0.15, 0.2) is 18.2 Å². The van der Waals surface area contributed by atoms with Gasteiger partial charge in [-0.1, -0.05) is 0 Å². The van der Waals surface area contributed by atoms with E-state index in [2.05, 4.69) is 4.98 Å². The van der Waals surface area contributed by atoms with E-state index in [1.807, 2.05) is 0 Å². The molecule has 1 fully saturated rings. The number of imidazole rings is 1. The molecule has 19 heavy (non-hydrogen) atoms. The number of carboxylic acid groups (broad SMARTS) is 1. The van der Waals surface area contributed by atoms with Gasteiger partial charge in [0, 0.05) is 6.04 Å². The van der Waals surface area contributed by atoms with E-state index in [1.165, 1.54) is 22.8 Å². The van der Waals surface area contributed by atoms with Crippen molar-refractivity contribution in [3.05, 3.63) is 29.6 Å². The topological polar surface area (TPSA) is 55.1 Å². The fourth-order valence-corrected chi connectivity index (χ4v) is 2.13. The van der Waals surface area contributed by atoms with Crippen LogP contribution in [0.4, 0.5) is 13.2 Å². The van der Waals surface area contributed by atoms with Crippen molar-refractivity contribution in [1.29, 1.82) is 0 Å². The van der Waals surface area contributed by atoms with Crippen molar-refractivity contribution in [2.45, 2.75) is 25.1 Å². The van der Waals surface area contributed by atoms with E-state index in [4.69, 9.17) is 5.11 Å². The van der Waals surface area contributed by atoms with E-state index in [9.17, 15) is 18.0 Å². The average Bonchev–Trinajstić information content (AvgIpc) is 3.07. The van der Waals surface area contributed by atoms with Crippen LogP contribution in [-0.2, 0) is 6.18 Å². The first-order valence-electron chi connectivity index (χ1n) is 5.70. The van der Waals surface area contributed by atoms with Crippen molar-refractivity contribution < 1.29 is 23.1 Å². The predicted octanol–water partition coefficient (Wildman–Crippen LogP) is 3.09. The molecule has 0 unspecified atom stereocenters. The zero-order valence-electron chi connectivity index (χ0n) is 9.61. The molecule has 1 aliphatic rings. The Morgan fingerprint density at radius 2 is 2.05 bits per heavy atom. The number of rotatable bonds is 2. The lowest BCUT2D eigenvalue weighted by Crippen LogP contribution is -2.14. The second kappa shape index (κ2) is 3.72. The second-order valence-electron chi connectivity index (χ2n) is 4.54. The van der Waals surface area contributed by atoms with Crippen molar-refractivity contribution >= 4 is 17.0 Å². The van der Waals surface area contributed by atoms with Gasteiger partial charge in [-0.3, -0.25) is 0 Å². The minimum absolute atomic E-state index is 0.0679. The molecule has 1 aromatic heterocycles. The molecule has 2 aromatic rings. The Kier molecular flexibility index (Phi) is 2.35. The number of carboxylic acids is 1. The first-order chi connectivity index (χ1) is 8.88. The van der Waals surface area contributed by atoms with Crippen LogP contribution < -0.4 is 0 Å². The van der Waals surface area contributed by atoms with Crippen molar-refractivity contribution in [2.24, 2.45) is 0 Å². The molecule has 0 spiro atoms. The van der Waals surface area contributed by atoms with E-state index in [1.54, 1.807) is 0 Å². The second-order valence-corrected chi connectivity index (χ2v) is 4.54. The van der Waals surface area contributed by atoms with Crippen molar-refractivity contribution in [2.75, 3.05) is 0 Å². The van der Waals surface area contributed by atoms with E-state index < -0.39 is 18.0 Å². The van der Waals surface area contributed by atoms with E-state index in [0.717, 1.165) is 0 Å². The molecule has 0 aliphatic heterocycles. The van der Waals surface area contributed by atoms with Gasteiger partial charge in [-0.2, -0.15) is 13.2 Å². The Morgan fingerprint density at radius 1 is 1.37 bits per heavy atom. The summed E-state index contributed by atoms with van der Waals surface area (Å²) in [4.78, 5) is 14.4. The molecule has 1 aromatic carbocycles. The van der Waals surface area contributed by atoms with Gasteiger partial charge in [0.2, 0.25) is 5.82 Å². The number of nitrogens with zero attached hydrogens (tertiary/aromatic N) is 2. The molecule has 1 saturated carbocycles. The molecule has 0 amide bonds. The van der Waals surface area contributed by atoms with Crippen molar-refractivity contribution in [1.82, 2.24) is 9.55 Å². The molecule has 7 heteroatoms. The first kappa shape index (κ1) is 12.0. The Hall–Kier alpha value is -2.05. The zero-order chi connectivity index (χ0) is 13.8. The molecule has 0 saturated heterocycles. The van der Waals surface area contributed by atoms with E-state index in [0.29, 0.717) is 18.4 Å². The maximum atomic E-state index is 12.9. The Balaban J connectivity index is 2.26. The van der Waals surface area contributed by atoms with E-state index >= 15 is 0 Å². The van der Waals surface area contributed by atoms with Gasteiger partial charge < -0.3 is 9.67 Å². The Bertz CT molecular complexity index is 671. The van der Waals surface area contributed by atoms with Gasteiger partial charge in [-0.15, -0.1) is 0 Å². The minimum atomic E-state index is -4.54. The minimum Gasteiger partial charge on any atom is -0.478 e. The molecule has 100 valence electrons. The summed E-state index contributed by atoms with van der Waals surface area (Å²) in [5, 5.41) is 8.84. The van der Waals surface area contributed by atoms with Crippen LogP contribution in [-0.4, -0.2) is 20.6 Å². The number of aromatic nitrogens is 2. The van der Waals surface area contributed by atoms with Gasteiger partial charge in [0.15, 0.2) is 0 Å². The number of fused-ring (bicyclic) bond motifs is 1. The molecule has 1 heterocycles. The summed E-state index contributed by atoms with van der Waals surface area (Å²) in [6, 6.07) is 3.67. The summed E-state index contributed by atoms with van der Waals surface area (Å²) in [5.74, 6) is -2.14. The Morgan fingerprint density at radius 3 is 2.58 bits per heavy atom. The van der Waals surface area contributed by atoms with Crippen LogP contribution in [0, 0.1) is 0 Å². The maximum absolute atomic E-state index is 12.9. The summed E-state index contributed by atoms with van der Waals surface area (Å²) >= 11 is 0. The molecule has 0 radical (unpaired) electrons. The lowest BCUT2D eigenvalue weighted by atomic mass is 10.2. The quantitative estimate of drug-likeness (QED) is 0.912. The summed E-state index contributed by atoms with van der Waals surface area (Å²) in [7, 11) is 0. The number of hydrogen-bond donors (Lipinski definition) is 1. The number of benzene rings is 1. The number of halogens is 3. The Labute approximate surface area is 105 Å². The average molecular weight is 270 g/mol. The molecule has 0 atom stereocenters. The van der Waals surface area contributed by atoms with Gasteiger partial charge in [-0.05, 0) is 31.0 Å². The summed E-state index contributed by atoms with van der Waals surface area (Å²) in [5.41, 5.74) is 0.334. The molecular weight excluding hydrogens is 261 g/mol. The van der Waals surface area contributed by atoms with Crippen LogP contribution >= 0.6 is 0 Å². The van der Waals surface area contributed by atoms with Crippen molar-refractivity contribution in [3.63, 3.8) is 0 Å². The number of alkyl halides is 3. The SMILES string of the molecule is O=C(O)c1ccc2c(c1)nc(C(F)(F)F)n2C1CC1. The predicted molar refractivity (Wildman–Crippen MR) is 60.0 cm³/mol. The van der Waals surface area contributed by atoms with Gasteiger partial charge in [0.25, 0.3) is 0 Å². The smallest absolute Gasteiger partial charge is 0.449 e. The first-order valence-corrected chi connectivity index (χ1v) is 5.70. The largest absolute Gasteiger partial charge is 0.478 e. The normalized spacial score (nSPS) is 15.9. The van der Waals surface area contributed by atoms with Crippen LogP contribution in [0.25, 0.3) is 11.0 Å². The highest BCUT2D eigenvalue weighted by Crippen LogP contribution is 2.42. The molecule has 0 bridgehead atoms. The van der Waals surface area contributed by atoms with Crippen LogP contribution in [0.1, 0.15) is 35.1 Å². The standard InChI is InChI=1S/C12H9F3N2O2/c13-12(14,15)11-16-8-5-6(10(18)19)1-4-9(8)17(11)7-2-3-7/h1,4-5,7H,2-3H2,(H,18,19). The lowest BCUT2D eigenvalue weighted by molar-refractivity contribution is -0.147. The fraction of sp³-hybridized carbons (Fsp3) is 0.333. The van der Waals surface area contributed by atoms with Gasteiger partial charge in [0.05, 0.1) is 16.6 Å². The lowest BCUT2D eigenvalue weighted by Gasteiger charge is -2.09. The molecular formula is C12H9F3N2O2. The zero-order valence-corrected chi connectivity index (χ0v) is 9.61.